The quantitative estimate of drug-likeness (QED) is 0.566. The van der Waals surface area contributed by atoms with Crippen molar-refractivity contribution in [3.63, 3.8) is 0 Å². The standard InChI is InChI=1S/C10H16O/c1-2-3-4-6-9-7-5-8-10(9)11/h5,8-9H,2-4,6-7H2,1H3/t9-/m1/s1. The lowest BCUT2D eigenvalue weighted by Gasteiger charge is -2.05. The highest BCUT2D eigenvalue weighted by Crippen LogP contribution is 2.20. The van der Waals surface area contributed by atoms with Crippen LogP contribution in [0.15, 0.2) is 12.2 Å². The van der Waals surface area contributed by atoms with Crippen LogP contribution < -0.4 is 0 Å². The smallest absolute Gasteiger partial charge is 0.158 e. The van der Waals surface area contributed by atoms with Crippen LogP contribution >= 0.6 is 0 Å². The molecule has 0 fully saturated rings. The van der Waals surface area contributed by atoms with E-state index in [1.165, 1.54) is 19.3 Å². The molecule has 0 spiro atoms. The zero-order chi connectivity index (χ0) is 8.10. The lowest BCUT2D eigenvalue weighted by atomic mass is 9.98. The summed E-state index contributed by atoms with van der Waals surface area (Å²) in [5.41, 5.74) is 0. The van der Waals surface area contributed by atoms with E-state index in [1.54, 1.807) is 6.08 Å². The van der Waals surface area contributed by atoms with Crippen molar-refractivity contribution in [1.29, 1.82) is 0 Å². The summed E-state index contributed by atoms with van der Waals surface area (Å²) in [6.45, 7) is 2.19. The maximum atomic E-state index is 11.1. The molecular formula is C10H16O. The average molecular weight is 152 g/mol. The number of carbonyl (C=O) groups excluding carboxylic acids is 1. The molecule has 1 rings (SSSR count). The van der Waals surface area contributed by atoms with Crippen LogP contribution in [0.1, 0.15) is 39.0 Å². The van der Waals surface area contributed by atoms with E-state index >= 15 is 0 Å². The van der Waals surface area contributed by atoms with Gasteiger partial charge in [-0.3, -0.25) is 4.79 Å². The molecule has 1 heteroatoms. The van der Waals surface area contributed by atoms with E-state index in [1.807, 2.05) is 6.08 Å². The first kappa shape index (κ1) is 8.51. The lowest BCUT2D eigenvalue weighted by molar-refractivity contribution is -0.117. The van der Waals surface area contributed by atoms with Crippen molar-refractivity contribution in [1.82, 2.24) is 0 Å². The first-order valence-electron chi connectivity index (χ1n) is 4.55. The van der Waals surface area contributed by atoms with E-state index in [4.69, 9.17) is 0 Å². The van der Waals surface area contributed by atoms with Gasteiger partial charge in [0.25, 0.3) is 0 Å². The summed E-state index contributed by atoms with van der Waals surface area (Å²) in [4.78, 5) is 11.1. The number of carbonyl (C=O) groups is 1. The van der Waals surface area contributed by atoms with Crippen LogP contribution in [0.3, 0.4) is 0 Å². The number of allylic oxidation sites excluding steroid dienone is 2. The van der Waals surface area contributed by atoms with Gasteiger partial charge in [-0.25, -0.2) is 0 Å². The molecule has 0 unspecified atom stereocenters. The molecule has 0 amide bonds. The molecule has 0 aromatic rings. The van der Waals surface area contributed by atoms with Crippen molar-refractivity contribution in [3.8, 4) is 0 Å². The van der Waals surface area contributed by atoms with Crippen molar-refractivity contribution in [2.24, 2.45) is 5.92 Å². The van der Waals surface area contributed by atoms with Crippen molar-refractivity contribution >= 4 is 5.78 Å². The predicted molar refractivity (Wildman–Crippen MR) is 46.4 cm³/mol. The summed E-state index contributed by atoms with van der Waals surface area (Å²) in [5, 5.41) is 0. The Labute approximate surface area is 68.5 Å². The van der Waals surface area contributed by atoms with Gasteiger partial charge in [0.2, 0.25) is 0 Å². The van der Waals surface area contributed by atoms with Crippen LogP contribution in [0.4, 0.5) is 0 Å². The van der Waals surface area contributed by atoms with Gasteiger partial charge in [-0.1, -0.05) is 32.3 Å². The Kier molecular flexibility index (Phi) is 3.34. The van der Waals surface area contributed by atoms with Gasteiger partial charge in [0, 0.05) is 5.92 Å². The molecule has 0 saturated carbocycles. The monoisotopic (exact) mass is 152 g/mol. The highest BCUT2D eigenvalue weighted by molar-refractivity contribution is 5.93. The first-order chi connectivity index (χ1) is 5.34. The number of unbranched alkanes of at least 4 members (excludes halogenated alkanes) is 2. The maximum Gasteiger partial charge on any atom is 0.158 e. The molecule has 0 radical (unpaired) electrons. The zero-order valence-corrected chi connectivity index (χ0v) is 7.18. The van der Waals surface area contributed by atoms with Gasteiger partial charge in [0.05, 0.1) is 0 Å². The molecule has 0 aliphatic heterocycles. The van der Waals surface area contributed by atoms with E-state index in [0.29, 0.717) is 11.7 Å². The van der Waals surface area contributed by atoms with E-state index in [-0.39, 0.29) is 0 Å². The van der Waals surface area contributed by atoms with E-state index in [0.717, 1.165) is 12.8 Å². The number of hydrogen-bond acceptors (Lipinski definition) is 1. The van der Waals surface area contributed by atoms with Crippen LogP contribution in [0.2, 0.25) is 0 Å². The molecule has 11 heavy (non-hydrogen) atoms. The molecule has 1 aliphatic carbocycles. The van der Waals surface area contributed by atoms with Crippen LogP contribution in [0.25, 0.3) is 0 Å². The summed E-state index contributed by atoms with van der Waals surface area (Å²) in [7, 11) is 0. The summed E-state index contributed by atoms with van der Waals surface area (Å²) in [6, 6.07) is 0. The Balaban J connectivity index is 2.13. The van der Waals surface area contributed by atoms with Gasteiger partial charge in [0.15, 0.2) is 5.78 Å². The van der Waals surface area contributed by atoms with E-state index in [2.05, 4.69) is 6.92 Å². The molecule has 1 aliphatic rings. The third-order valence-corrected chi connectivity index (χ3v) is 2.26. The Morgan fingerprint density at radius 3 is 2.91 bits per heavy atom. The molecule has 0 bridgehead atoms. The summed E-state index contributed by atoms with van der Waals surface area (Å²) < 4.78 is 0. The molecule has 0 saturated heterocycles. The van der Waals surface area contributed by atoms with Crippen molar-refractivity contribution in [2.45, 2.75) is 39.0 Å². The highest BCUT2D eigenvalue weighted by Gasteiger charge is 2.17. The van der Waals surface area contributed by atoms with E-state index in [9.17, 15) is 4.79 Å². The Morgan fingerprint density at radius 1 is 1.55 bits per heavy atom. The van der Waals surface area contributed by atoms with Crippen LogP contribution in [0, 0.1) is 5.92 Å². The number of hydrogen-bond donors (Lipinski definition) is 0. The summed E-state index contributed by atoms with van der Waals surface area (Å²) >= 11 is 0. The summed E-state index contributed by atoms with van der Waals surface area (Å²) in [5.74, 6) is 0.683. The minimum absolute atomic E-state index is 0.335. The summed E-state index contributed by atoms with van der Waals surface area (Å²) in [6.07, 6.45) is 9.55. The largest absolute Gasteiger partial charge is 0.295 e. The van der Waals surface area contributed by atoms with Crippen molar-refractivity contribution in [2.75, 3.05) is 0 Å². The van der Waals surface area contributed by atoms with Crippen LogP contribution in [-0.2, 0) is 4.79 Å². The fourth-order valence-corrected chi connectivity index (χ4v) is 1.50. The molecule has 0 aromatic heterocycles. The zero-order valence-electron chi connectivity index (χ0n) is 7.18. The molecule has 62 valence electrons. The van der Waals surface area contributed by atoms with Gasteiger partial charge in [-0.15, -0.1) is 0 Å². The molecule has 0 N–H and O–H groups in total. The predicted octanol–water partition coefficient (Wildman–Crippen LogP) is 2.71. The Hall–Kier alpha value is -0.590. The fraction of sp³-hybridized carbons (Fsp3) is 0.700. The van der Waals surface area contributed by atoms with Gasteiger partial charge in [-0.05, 0) is 18.9 Å². The van der Waals surface area contributed by atoms with Gasteiger partial charge in [0.1, 0.15) is 0 Å². The van der Waals surface area contributed by atoms with E-state index < -0.39 is 0 Å². The van der Waals surface area contributed by atoms with Gasteiger partial charge < -0.3 is 0 Å². The highest BCUT2D eigenvalue weighted by atomic mass is 16.1. The molecule has 1 nitrogen and oxygen atoms in total. The fourth-order valence-electron chi connectivity index (χ4n) is 1.50. The number of ketones is 1. The average Bonchev–Trinajstić information content (AvgIpc) is 2.37. The third kappa shape index (κ3) is 2.49. The second-order valence-electron chi connectivity index (χ2n) is 3.23. The molecular weight excluding hydrogens is 136 g/mol. The third-order valence-electron chi connectivity index (χ3n) is 2.26. The second kappa shape index (κ2) is 4.32. The van der Waals surface area contributed by atoms with Gasteiger partial charge >= 0.3 is 0 Å². The first-order valence-corrected chi connectivity index (χ1v) is 4.55. The Bertz CT molecular complexity index is 158. The molecule has 0 heterocycles. The second-order valence-corrected chi connectivity index (χ2v) is 3.23. The maximum absolute atomic E-state index is 11.1. The SMILES string of the molecule is CCCCC[C@@H]1CC=CC1=O. The lowest BCUT2D eigenvalue weighted by Crippen LogP contribution is -2.05. The van der Waals surface area contributed by atoms with Crippen molar-refractivity contribution in [3.05, 3.63) is 12.2 Å². The molecule has 1 atom stereocenters. The normalized spacial score (nSPS) is 23.0. The minimum Gasteiger partial charge on any atom is -0.295 e. The number of rotatable bonds is 4. The van der Waals surface area contributed by atoms with Gasteiger partial charge in [-0.2, -0.15) is 0 Å². The van der Waals surface area contributed by atoms with Crippen LogP contribution in [0.5, 0.6) is 0 Å². The topological polar surface area (TPSA) is 17.1 Å². The van der Waals surface area contributed by atoms with Crippen molar-refractivity contribution < 1.29 is 4.79 Å². The molecule has 0 aromatic carbocycles. The minimum atomic E-state index is 0.335. The van der Waals surface area contributed by atoms with Crippen LogP contribution in [-0.4, -0.2) is 5.78 Å². The Morgan fingerprint density at radius 2 is 2.36 bits per heavy atom.